The van der Waals surface area contributed by atoms with Crippen LogP contribution in [0.15, 0.2) is 30.5 Å². The zero-order chi connectivity index (χ0) is 15.2. The lowest BCUT2D eigenvalue weighted by Gasteiger charge is -2.11. The Labute approximate surface area is 124 Å². The van der Waals surface area contributed by atoms with E-state index in [1.165, 1.54) is 6.92 Å². The van der Waals surface area contributed by atoms with Crippen LogP contribution in [0.5, 0.6) is 0 Å². The van der Waals surface area contributed by atoms with Gasteiger partial charge in [-0.25, -0.2) is 4.98 Å². The maximum absolute atomic E-state index is 11.1. The topological polar surface area (TPSA) is 78.9 Å². The van der Waals surface area contributed by atoms with E-state index in [-0.39, 0.29) is 5.91 Å². The van der Waals surface area contributed by atoms with E-state index >= 15 is 0 Å². The normalized spacial score (nSPS) is 10.0. The van der Waals surface area contributed by atoms with Crippen LogP contribution in [0.2, 0.25) is 0 Å². The second kappa shape index (κ2) is 6.69. The van der Waals surface area contributed by atoms with E-state index in [1.807, 2.05) is 38.1 Å². The van der Waals surface area contributed by atoms with Crippen molar-refractivity contribution in [1.82, 2.24) is 9.97 Å². The molecule has 1 aromatic heterocycles. The number of aryl methyl sites for hydroxylation is 1. The van der Waals surface area contributed by atoms with Gasteiger partial charge in [-0.15, -0.1) is 0 Å². The molecule has 1 heterocycles. The lowest BCUT2D eigenvalue weighted by atomic mass is 10.2. The van der Waals surface area contributed by atoms with Gasteiger partial charge in [0.2, 0.25) is 11.9 Å². The summed E-state index contributed by atoms with van der Waals surface area (Å²) in [6.45, 7) is 6.18. The van der Waals surface area contributed by atoms with Crippen molar-refractivity contribution in [2.24, 2.45) is 0 Å². The summed E-state index contributed by atoms with van der Waals surface area (Å²) in [4.78, 5) is 19.7. The molecule has 2 aromatic rings. The minimum atomic E-state index is -0.0974. The zero-order valence-electron chi connectivity index (χ0n) is 12.4. The maximum Gasteiger partial charge on any atom is 0.224 e. The fourth-order valence-corrected chi connectivity index (χ4v) is 1.83. The molecule has 0 aliphatic heterocycles. The number of carbonyl (C=O) groups is 1. The highest BCUT2D eigenvalue weighted by molar-refractivity contribution is 5.89. The summed E-state index contributed by atoms with van der Waals surface area (Å²) in [7, 11) is 0. The van der Waals surface area contributed by atoms with E-state index in [0.29, 0.717) is 5.95 Å². The van der Waals surface area contributed by atoms with Gasteiger partial charge >= 0.3 is 0 Å². The van der Waals surface area contributed by atoms with Crippen LogP contribution in [0.4, 0.5) is 23.1 Å². The number of nitrogens with zero attached hydrogens (tertiary/aromatic N) is 2. The quantitative estimate of drug-likeness (QED) is 0.787. The van der Waals surface area contributed by atoms with Crippen molar-refractivity contribution in [2.45, 2.75) is 20.8 Å². The minimum Gasteiger partial charge on any atom is -0.354 e. The summed E-state index contributed by atoms with van der Waals surface area (Å²) < 4.78 is 0. The number of carbonyl (C=O) groups excluding carboxylic acids is 1. The van der Waals surface area contributed by atoms with Crippen LogP contribution in [-0.2, 0) is 4.79 Å². The third kappa shape index (κ3) is 4.17. The van der Waals surface area contributed by atoms with Crippen LogP contribution < -0.4 is 16.0 Å². The van der Waals surface area contributed by atoms with Gasteiger partial charge in [-0.3, -0.25) is 4.79 Å². The van der Waals surface area contributed by atoms with Crippen molar-refractivity contribution in [3.05, 3.63) is 36.0 Å². The highest BCUT2D eigenvalue weighted by Crippen LogP contribution is 2.21. The van der Waals surface area contributed by atoms with Crippen LogP contribution in [0.3, 0.4) is 0 Å². The Balaban J connectivity index is 2.21. The van der Waals surface area contributed by atoms with Crippen molar-refractivity contribution in [3.63, 3.8) is 0 Å². The molecule has 0 aliphatic rings. The Kier molecular flexibility index (Phi) is 4.71. The largest absolute Gasteiger partial charge is 0.354 e. The molecule has 1 amide bonds. The van der Waals surface area contributed by atoms with Gasteiger partial charge in [0.05, 0.1) is 0 Å². The lowest BCUT2D eigenvalue weighted by molar-refractivity contribution is -0.114. The molecule has 0 saturated heterocycles. The van der Waals surface area contributed by atoms with Crippen molar-refractivity contribution < 1.29 is 4.79 Å². The predicted molar refractivity (Wildman–Crippen MR) is 85.0 cm³/mol. The third-order valence-electron chi connectivity index (χ3n) is 2.75. The van der Waals surface area contributed by atoms with Gasteiger partial charge in [-0.1, -0.05) is 6.07 Å². The Bertz CT molecular complexity index is 642. The first kappa shape index (κ1) is 14.8. The van der Waals surface area contributed by atoms with E-state index in [9.17, 15) is 4.79 Å². The van der Waals surface area contributed by atoms with Gasteiger partial charge < -0.3 is 16.0 Å². The number of hydrogen-bond donors (Lipinski definition) is 3. The van der Waals surface area contributed by atoms with Crippen LogP contribution in [0.1, 0.15) is 19.4 Å². The molecule has 3 N–H and O–H groups in total. The first-order chi connectivity index (χ1) is 10.1. The lowest BCUT2D eigenvalue weighted by Crippen LogP contribution is -2.07. The molecule has 6 heteroatoms. The second-order valence-electron chi connectivity index (χ2n) is 4.64. The molecule has 0 atom stereocenters. The molecule has 110 valence electrons. The van der Waals surface area contributed by atoms with E-state index < -0.39 is 0 Å². The molecule has 2 rings (SSSR count). The smallest absolute Gasteiger partial charge is 0.224 e. The molecular formula is C15H19N5O. The van der Waals surface area contributed by atoms with Crippen molar-refractivity contribution >= 4 is 29.0 Å². The number of benzene rings is 1. The van der Waals surface area contributed by atoms with Crippen LogP contribution in [0.25, 0.3) is 0 Å². The molecule has 0 saturated carbocycles. The van der Waals surface area contributed by atoms with Crippen molar-refractivity contribution in [1.29, 1.82) is 0 Å². The SMILES string of the molecule is CCNc1ncc(C)c(Nc2cccc(NC(C)=O)c2)n1. The van der Waals surface area contributed by atoms with E-state index in [1.54, 1.807) is 6.20 Å². The van der Waals surface area contributed by atoms with Crippen LogP contribution in [0, 0.1) is 6.92 Å². The summed E-state index contributed by atoms with van der Waals surface area (Å²) in [5.41, 5.74) is 2.54. The molecule has 1 aromatic carbocycles. The van der Waals surface area contributed by atoms with Crippen molar-refractivity contribution in [2.75, 3.05) is 22.5 Å². The fourth-order valence-electron chi connectivity index (χ4n) is 1.83. The van der Waals surface area contributed by atoms with E-state index in [2.05, 4.69) is 25.9 Å². The van der Waals surface area contributed by atoms with Gasteiger partial charge in [0.25, 0.3) is 0 Å². The molecule has 0 unspecified atom stereocenters. The maximum atomic E-state index is 11.1. The minimum absolute atomic E-state index is 0.0974. The Morgan fingerprint density at radius 3 is 2.76 bits per heavy atom. The predicted octanol–water partition coefficient (Wildman–Crippen LogP) is 2.92. The first-order valence-corrected chi connectivity index (χ1v) is 6.80. The third-order valence-corrected chi connectivity index (χ3v) is 2.75. The Morgan fingerprint density at radius 1 is 1.29 bits per heavy atom. The van der Waals surface area contributed by atoms with Crippen molar-refractivity contribution in [3.8, 4) is 0 Å². The summed E-state index contributed by atoms with van der Waals surface area (Å²) in [5, 5.41) is 9.07. The summed E-state index contributed by atoms with van der Waals surface area (Å²) in [6, 6.07) is 7.48. The zero-order valence-corrected chi connectivity index (χ0v) is 12.4. The van der Waals surface area contributed by atoms with E-state index in [4.69, 9.17) is 0 Å². The molecule has 21 heavy (non-hydrogen) atoms. The molecule has 0 spiro atoms. The molecular weight excluding hydrogens is 266 g/mol. The molecule has 0 aliphatic carbocycles. The Morgan fingerprint density at radius 2 is 2.05 bits per heavy atom. The summed E-state index contributed by atoms with van der Waals surface area (Å²) in [5.74, 6) is 1.23. The molecule has 0 bridgehead atoms. The number of nitrogens with one attached hydrogen (secondary N) is 3. The van der Waals surface area contributed by atoms with Gasteiger partial charge in [-0.2, -0.15) is 4.98 Å². The number of aromatic nitrogens is 2. The highest BCUT2D eigenvalue weighted by atomic mass is 16.1. The highest BCUT2D eigenvalue weighted by Gasteiger charge is 2.05. The van der Waals surface area contributed by atoms with Crippen LogP contribution in [-0.4, -0.2) is 22.4 Å². The van der Waals surface area contributed by atoms with Gasteiger partial charge in [-0.05, 0) is 32.0 Å². The van der Waals surface area contributed by atoms with Gasteiger partial charge in [0.1, 0.15) is 5.82 Å². The molecule has 0 fully saturated rings. The number of hydrogen-bond acceptors (Lipinski definition) is 5. The second-order valence-corrected chi connectivity index (χ2v) is 4.64. The average molecular weight is 285 g/mol. The average Bonchev–Trinajstić information content (AvgIpc) is 2.42. The monoisotopic (exact) mass is 285 g/mol. The van der Waals surface area contributed by atoms with E-state index in [0.717, 1.165) is 29.3 Å². The van der Waals surface area contributed by atoms with Gasteiger partial charge in [0.15, 0.2) is 0 Å². The number of anilines is 4. The number of amides is 1. The van der Waals surface area contributed by atoms with Crippen LogP contribution >= 0.6 is 0 Å². The summed E-state index contributed by atoms with van der Waals surface area (Å²) >= 11 is 0. The van der Waals surface area contributed by atoms with Gasteiger partial charge in [0, 0.05) is 36.6 Å². The number of rotatable bonds is 5. The molecule has 0 radical (unpaired) electrons. The molecule has 6 nitrogen and oxygen atoms in total. The Hall–Kier alpha value is -2.63. The summed E-state index contributed by atoms with van der Waals surface area (Å²) in [6.07, 6.45) is 1.77. The fraction of sp³-hybridized carbons (Fsp3) is 0.267. The first-order valence-electron chi connectivity index (χ1n) is 6.80. The standard InChI is InChI=1S/C15H19N5O/c1-4-16-15-17-9-10(2)14(20-15)19-13-7-5-6-12(8-13)18-11(3)21/h5-9H,4H2,1-3H3,(H,18,21)(H2,16,17,19,20).